The maximum absolute atomic E-state index is 5.61. The third kappa shape index (κ3) is 0.525. The molecule has 0 unspecified atom stereocenters. The molecule has 0 bridgehead atoms. The summed E-state index contributed by atoms with van der Waals surface area (Å²) in [5, 5.41) is 0. The molecule has 0 fully saturated rings. The molecule has 2 rings (SSSR count). The summed E-state index contributed by atoms with van der Waals surface area (Å²) < 4.78 is 0. The number of nitrogen functional groups attached to an aromatic ring is 1. The Hall–Kier alpha value is -0.980. The minimum absolute atomic E-state index is 0.317. The largest absolute Gasteiger partial charge is 0.399 e. The molecule has 0 heterocycles. The molecule has 1 aliphatic rings. The van der Waals surface area contributed by atoms with E-state index < -0.39 is 0 Å². The Morgan fingerprint density at radius 1 is 1.20 bits per heavy atom. The smallest absolute Gasteiger partial charge is 0.0317 e. The second kappa shape index (κ2) is 1.36. The zero-order chi connectivity index (χ0) is 7.35. The van der Waals surface area contributed by atoms with Crippen molar-refractivity contribution in [3.8, 4) is 0 Å². The summed E-state index contributed by atoms with van der Waals surface area (Å²) in [5.74, 6) is 0. The molecule has 0 amide bonds. The van der Waals surface area contributed by atoms with Crippen molar-refractivity contribution in [2.45, 2.75) is 19.3 Å². The molecule has 0 aromatic heterocycles. The molecule has 1 nitrogen and oxygen atoms in total. The zero-order valence-corrected chi connectivity index (χ0v) is 6.31. The summed E-state index contributed by atoms with van der Waals surface area (Å²) in [6, 6.07) is 6.15. The molecule has 0 radical (unpaired) electrons. The van der Waals surface area contributed by atoms with Crippen molar-refractivity contribution in [2.75, 3.05) is 5.73 Å². The van der Waals surface area contributed by atoms with Gasteiger partial charge >= 0.3 is 0 Å². The van der Waals surface area contributed by atoms with Crippen LogP contribution in [0.1, 0.15) is 25.0 Å². The molecular formula is C9H11N. The van der Waals surface area contributed by atoms with Crippen LogP contribution in [0.2, 0.25) is 0 Å². The van der Waals surface area contributed by atoms with Crippen LogP contribution in [0.5, 0.6) is 0 Å². The SMILES string of the molecule is CC1(C)c2ccc(N)cc21. The molecule has 0 aliphatic heterocycles. The Labute approximate surface area is 60.9 Å². The number of fused-ring (bicyclic) bond motifs is 1. The van der Waals surface area contributed by atoms with E-state index in [1.165, 1.54) is 11.1 Å². The third-order valence-corrected chi connectivity index (χ3v) is 2.33. The van der Waals surface area contributed by atoms with Crippen molar-refractivity contribution in [3.05, 3.63) is 29.3 Å². The van der Waals surface area contributed by atoms with Gasteiger partial charge in [-0.05, 0) is 23.3 Å². The fourth-order valence-corrected chi connectivity index (χ4v) is 1.48. The van der Waals surface area contributed by atoms with Crippen molar-refractivity contribution in [1.82, 2.24) is 0 Å². The predicted octanol–water partition coefficient (Wildman–Crippen LogP) is 1.91. The van der Waals surface area contributed by atoms with E-state index in [0.717, 1.165) is 5.69 Å². The van der Waals surface area contributed by atoms with Crippen LogP contribution < -0.4 is 5.73 Å². The van der Waals surface area contributed by atoms with Crippen LogP contribution in [-0.2, 0) is 5.41 Å². The molecule has 1 aromatic carbocycles. The van der Waals surface area contributed by atoms with E-state index in [0.29, 0.717) is 5.41 Å². The maximum Gasteiger partial charge on any atom is 0.0317 e. The van der Waals surface area contributed by atoms with Crippen LogP contribution in [0, 0.1) is 0 Å². The lowest BCUT2D eigenvalue weighted by molar-refractivity contribution is 0.793. The van der Waals surface area contributed by atoms with E-state index in [1.807, 2.05) is 6.07 Å². The molecule has 1 aliphatic carbocycles. The van der Waals surface area contributed by atoms with Gasteiger partial charge in [-0.25, -0.2) is 0 Å². The first-order valence-corrected chi connectivity index (χ1v) is 3.53. The lowest BCUT2D eigenvalue weighted by atomic mass is 10.1. The van der Waals surface area contributed by atoms with Crippen LogP contribution in [0.15, 0.2) is 18.2 Å². The first kappa shape index (κ1) is 5.78. The number of anilines is 1. The number of rotatable bonds is 0. The lowest BCUT2D eigenvalue weighted by Crippen LogP contribution is -1.89. The first-order chi connectivity index (χ1) is 4.62. The van der Waals surface area contributed by atoms with Gasteiger partial charge in [-0.2, -0.15) is 0 Å². The van der Waals surface area contributed by atoms with Crippen LogP contribution in [0.3, 0.4) is 0 Å². The van der Waals surface area contributed by atoms with Gasteiger partial charge in [0.2, 0.25) is 0 Å². The molecular weight excluding hydrogens is 122 g/mol. The minimum Gasteiger partial charge on any atom is -0.399 e. The Morgan fingerprint density at radius 2 is 1.90 bits per heavy atom. The number of benzene rings is 1. The van der Waals surface area contributed by atoms with Crippen molar-refractivity contribution >= 4 is 5.69 Å². The molecule has 10 heavy (non-hydrogen) atoms. The Kier molecular flexibility index (Phi) is 0.788. The van der Waals surface area contributed by atoms with Gasteiger partial charge in [0.05, 0.1) is 0 Å². The van der Waals surface area contributed by atoms with Gasteiger partial charge in [0.1, 0.15) is 0 Å². The maximum atomic E-state index is 5.61. The highest BCUT2D eigenvalue weighted by atomic mass is 14.6. The van der Waals surface area contributed by atoms with Gasteiger partial charge in [0, 0.05) is 11.1 Å². The van der Waals surface area contributed by atoms with Gasteiger partial charge in [-0.15, -0.1) is 0 Å². The van der Waals surface area contributed by atoms with Crippen molar-refractivity contribution < 1.29 is 0 Å². The highest BCUT2D eigenvalue weighted by Gasteiger charge is 2.40. The molecule has 0 saturated heterocycles. The monoisotopic (exact) mass is 133 g/mol. The molecule has 1 heteroatoms. The predicted molar refractivity (Wildman–Crippen MR) is 43.0 cm³/mol. The number of hydrogen-bond acceptors (Lipinski definition) is 1. The van der Waals surface area contributed by atoms with Crippen LogP contribution in [0.25, 0.3) is 0 Å². The van der Waals surface area contributed by atoms with Gasteiger partial charge in [-0.1, -0.05) is 19.9 Å². The molecule has 1 aromatic rings. The van der Waals surface area contributed by atoms with Crippen molar-refractivity contribution in [3.63, 3.8) is 0 Å². The minimum atomic E-state index is 0.317. The molecule has 2 N–H and O–H groups in total. The highest BCUT2D eigenvalue weighted by Crippen LogP contribution is 2.49. The van der Waals surface area contributed by atoms with Gasteiger partial charge in [0.25, 0.3) is 0 Å². The van der Waals surface area contributed by atoms with E-state index in [4.69, 9.17) is 5.73 Å². The lowest BCUT2D eigenvalue weighted by Gasteiger charge is -1.93. The second-order valence-electron chi connectivity index (χ2n) is 3.43. The van der Waals surface area contributed by atoms with Crippen LogP contribution in [-0.4, -0.2) is 0 Å². The zero-order valence-electron chi connectivity index (χ0n) is 6.31. The normalized spacial score (nSPS) is 18.2. The van der Waals surface area contributed by atoms with Crippen LogP contribution in [0.4, 0.5) is 5.69 Å². The Morgan fingerprint density at radius 3 is 2.40 bits per heavy atom. The highest BCUT2D eigenvalue weighted by molar-refractivity contribution is 5.63. The second-order valence-corrected chi connectivity index (χ2v) is 3.43. The van der Waals surface area contributed by atoms with Gasteiger partial charge < -0.3 is 5.73 Å². The standard InChI is InChI=1S/C9H11N/c1-9(2)7-4-3-6(10)5-8(7)9/h3-5H,10H2,1-2H3. The average Bonchev–Trinajstić information content (AvgIpc) is 2.36. The number of hydrogen-bond donors (Lipinski definition) is 1. The summed E-state index contributed by atoms with van der Waals surface area (Å²) in [4.78, 5) is 0. The fraction of sp³-hybridized carbons (Fsp3) is 0.333. The van der Waals surface area contributed by atoms with E-state index in [2.05, 4.69) is 26.0 Å². The van der Waals surface area contributed by atoms with Crippen molar-refractivity contribution in [2.24, 2.45) is 0 Å². The summed E-state index contributed by atoms with van der Waals surface area (Å²) in [6.07, 6.45) is 0. The Bertz CT molecular complexity index is 287. The summed E-state index contributed by atoms with van der Waals surface area (Å²) in [7, 11) is 0. The van der Waals surface area contributed by atoms with E-state index in [9.17, 15) is 0 Å². The summed E-state index contributed by atoms with van der Waals surface area (Å²) >= 11 is 0. The van der Waals surface area contributed by atoms with E-state index in [1.54, 1.807) is 0 Å². The molecule has 0 spiro atoms. The summed E-state index contributed by atoms with van der Waals surface area (Å²) in [5.41, 5.74) is 9.66. The Balaban J connectivity index is 2.56. The van der Waals surface area contributed by atoms with E-state index >= 15 is 0 Å². The van der Waals surface area contributed by atoms with Crippen LogP contribution >= 0.6 is 0 Å². The molecule has 0 atom stereocenters. The van der Waals surface area contributed by atoms with E-state index in [-0.39, 0.29) is 0 Å². The van der Waals surface area contributed by atoms with Gasteiger partial charge in [-0.3, -0.25) is 0 Å². The number of nitrogens with two attached hydrogens (primary N) is 1. The quantitative estimate of drug-likeness (QED) is 0.537. The average molecular weight is 133 g/mol. The topological polar surface area (TPSA) is 26.0 Å². The summed E-state index contributed by atoms with van der Waals surface area (Å²) in [6.45, 7) is 4.44. The fourth-order valence-electron chi connectivity index (χ4n) is 1.48. The third-order valence-electron chi connectivity index (χ3n) is 2.33. The van der Waals surface area contributed by atoms with Crippen molar-refractivity contribution in [1.29, 1.82) is 0 Å². The molecule has 0 saturated carbocycles. The first-order valence-electron chi connectivity index (χ1n) is 3.53. The molecule has 52 valence electrons. The van der Waals surface area contributed by atoms with Gasteiger partial charge in [0.15, 0.2) is 0 Å².